The van der Waals surface area contributed by atoms with Crippen LogP contribution in [0.3, 0.4) is 0 Å². The van der Waals surface area contributed by atoms with Gasteiger partial charge in [-0.1, -0.05) is 11.8 Å². The maximum absolute atomic E-state index is 13.9. The Hall–Kier alpha value is -2.33. The molecule has 7 heteroatoms. The summed E-state index contributed by atoms with van der Waals surface area (Å²) in [5.41, 5.74) is 0.781. The second-order valence-corrected chi connectivity index (χ2v) is 4.24. The maximum Gasteiger partial charge on any atom is 0.183 e. The molecule has 0 radical (unpaired) electrons. The molecular formula is C12H10FN5S. The lowest BCUT2D eigenvalue weighted by Crippen LogP contribution is -2.12. The first kappa shape index (κ1) is 13.1. The quantitative estimate of drug-likeness (QED) is 0.395. The zero-order chi connectivity index (χ0) is 13.7. The molecule has 0 aliphatic rings. The van der Waals surface area contributed by atoms with Gasteiger partial charge >= 0.3 is 0 Å². The zero-order valence-corrected chi connectivity index (χ0v) is 10.9. The number of nitriles is 1. The molecule has 2 rings (SSSR count). The van der Waals surface area contributed by atoms with Crippen molar-refractivity contribution >= 4 is 22.6 Å². The minimum Gasteiger partial charge on any atom is -0.271 e. The van der Waals surface area contributed by atoms with Gasteiger partial charge in [0.05, 0.1) is 5.69 Å². The summed E-state index contributed by atoms with van der Waals surface area (Å²) in [7, 11) is 0. The van der Waals surface area contributed by atoms with Gasteiger partial charge in [-0.05, 0) is 24.5 Å². The van der Waals surface area contributed by atoms with Crippen molar-refractivity contribution in [3.63, 3.8) is 0 Å². The van der Waals surface area contributed by atoms with E-state index in [1.807, 2.05) is 0 Å². The molecule has 96 valence electrons. The van der Waals surface area contributed by atoms with Crippen LogP contribution in [0, 0.1) is 17.3 Å². The minimum absolute atomic E-state index is 0.350. The summed E-state index contributed by atoms with van der Waals surface area (Å²) in [5, 5.41) is 15.3. The van der Waals surface area contributed by atoms with Gasteiger partial charge in [0, 0.05) is 18.5 Å². The Kier molecular flexibility index (Phi) is 4.15. The first-order chi connectivity index (χ1) is 9.24. The normalized spacial score (nSPS) is 11.1. The SMILES string of the molecule is CSC(=Nc1ccc(-n2cccn2)c(F)c1)NC#N. The van der Waals surface area contributed by atoms with Crippen LogP contribution in [0.25, 0.3) is 5.69 Å². The van der Waals surface area contributed by atoms with Crippen molar-refractivity contribution in [2.45, 2.75) is 0 Å². The highest BCUT2D eigenvalue weighted by atomic mass is 32.2. The van der Waals surface area contributed by atoms with E-state index in [-0.39, 0.29) is 0 Å². The van der Waals surface area contributed by atoms with Gasteiger partial charge in [0.15, 0.2) is 17.2 Å². The van der Waals surface area contributed by atoms with E-state index < -0.39 is 5.82 Å². The number of aliphatic imine (C=N–C) groups is 1. The van der Waals surface area contributed by atoms with E-state index in [0.717, 1.165) is 0 Å². The van der Waals surface area contributed by atoms with Crippen LogP contribution in [0.2, 0.25) is 0 Å². The van der Waals surface area contributed by atoms with E-state index in [1.54, 1.807) is 43.0 Å². The number of hydrogen-bond acceptors (Lipinski definition) is 4. The molecule has 0 amide bonds. The molecule has 0 aliphatic carbocycles. The molecular weight excluding hydrogens is 265 g/mol. The van der Waals surface area contributed by atoms with Crippen LogP contribution in [-0.4, -0.2) is 21.2 Å². The number of amidine groups is 1. The molecule has 2 aromatic rings. The molecule has 0 aliphatic heterocycles. The third-order valence-corrected chi connectivity index (χ3v) is 2.85. The summed E-state index contributed by atoms with van der Waals surface area (Å²) in [6.07, 6.45) is 6.79. The van der Waals surface area contributed by atoms with Crippen LogP contribution in [0.5, 0.6) is 0 Å². The summed E-state index contributed by atoms with van der Waals surface area (Å²) in [5.74, 6) is -0.428. The Morgan fingerprint density at radius 1 is 1.58 bits per heavy atom. The number of nitrogens with one attached hydrogen (secondary N) is 1. The van der Waals surface area contributed by atoms with E-state index in [1.165, 1.54) is 22.5 Å². The fourth-order valence-corrected chi connectivity index (χ4v) is 1.80. The summed E-state index contributed by atoms with van der Waals surface area (Å²) in [6, 6.07) is 6.27. The summed E-state index contributed by atoms with van der Waals surface area (Å²) >= 11 is 1.27. The van der Waals surface area contributed by atoms with Gasteiger partial charge < -0.3 is 0 Å². The van der Waals surface area contributed by atoms with Crippen molar-refractivity contribution in [2.24, 2.45) is 4.99 Å². The monoisotopic (exact) mass is 275 g/mol. The molecule has 0 atom stereocenters. The number of nitrogens with zero attached hydrogens (tertiary/aromatic N) is 4. The highest BCUT2D eigenvalue weighted by molar-refractivity contribution is 8.13. The number of aromatic nitrogens is 2. The second kappa shape index (κ2) is 6.02. The van der Waals surface area contributed by atoms with Gasteiger partial charge in [0.25, 0.3) is 0 Å². The number of benzene rings is 1. The molecule has 0 bridgehead atoms. The first-order valence-electron chi connectivity index (χ1n) is 5.32. The molecule has 1 heterocycles. The molecule has 0 saturated carbocycles. The van der Waals surface area contributed by atoms with Crippen LogP contribution in [-0.2, 0) is 0 Å². The molecule has 19 heavy (non-hydrogen) atoms. The number of halogens is 1. The van der Waals surface area contributed by atoms with Crippen LogP contribution >= 0.6 is 11.8 Å². The van der Waals surface area contributed by atoms with Crippen molar-refractivity contribution in [1.29, 1.82) is 5.26 Å². The number of hydrogen-bond donors (Lipinski definition) is 1. The zero-order valence-electron chi connectivity index (χ0n) is 10.0. The molecule has 0 saturated heterocycles. The molecule has 0 spiro atoms. The van der Waals surface area contributed by atoms with Crippen LogP contribution < -0.4 is 5.32 Å². The Morgan fingerprint density at radius 3 is 3.00 bits per heavy atom. The summed E-state index contributed by atoms with van der Waals surface area (Å²) in [6.45, 7) is 0. The molecule has 1 aromatic carbocycles. The van der Waals surface area contributed by atoms with Crippen LogP contribution in [0.1, 0.15) is 0 Å². The first-order valence-corrected chi connectivity index (χ1v) is 6.54. The van der Waals surface area contributed by atoms with Gasteiger partial charge in [-0.2, -0.15) is 10.4 Å². The Balaban J connectivity index is 2.32. The van der Waals surface area contributed by atoms with Crippen molar-refractivity contribution in [3.8, 4) is 11.9 Å². The van der Waals surface area contributed by atoms with Crippen LogP contribution in [0.15, 0.2) is 41.7 Å². The maximum atomic E-state index is 13.9. The van der Waals surface area contributed by atoms with Crippen molar-refractivity contribution in [3.05, 3.63) is 42.5 Å². The fourth-order valence-electron chi connectivity index (χ4n) is 1.45. The van der Waals surface area contributed by atoms with E-state index in [2.05, 4.69) is 15.4 Å². The third-order valence-electron chi connectivity index (χ3n) is 2.27. The molecule has 1 N–H and O–H groups in total. The van der Waals surface area contributed by atoms with Gasteiger partial charge in [-0.15, -0.1) is 0 Å². The summed E-state index contributed by atoms with van der Waals surface area (Å²) < 4.78 is 15.4. The largest absolute Gasteiger partial charge is 0.271 e. The van der Waals surface area contributed by atoms with E-state index in [0.29, 0.717) is 16.5 Å². The van der Waals surface area contributed by atoms with Gasteiger partial charge in [-0.25, -0.2) is 14.1 Å². The van der Waals surface area contributed by atoms with Gasteiger partial charge in [-0.3, -0.25) is 5.32 Å². The van der Waals surface area contributed by atoms with E-state index >= 15 is 0 Å². The lowest BCUT2D eigenvalue weighted by molar-refractivity contribution is 0.611. The average Bonchev–Trinajstić information content (AvgIpc) is 2.92. The van der Waals surface area contributed by atoms with Crippen molar-refractivity contribution < 1.29 is 4.39 Å². The average molecular weight is 275 g/mol. The molecule has 5 nitrogen and oxygen atoms in total. The van der Waals surface area contributed by atoms with Crippen molar-refractivity contribution in [2.75, 3.05) is 6.26 Å². The minimum atomic E-state index is -0.428. The standard InChI is InChI=1S/C12H10FN5S/c1-19-12(15-8-14)17-9-3-4-11(10(13)7-9)18-6-2-5-16-18/h2-7H,1H3,(H,15,17). The number of rotatable bonds is 2. The number of thioether (sulfide) groups is 1. The predicted molar refractivity (Wildman–Crippen MR) is 72.9 cm³/mol. The topological polar surface area (TPSA) is 66.0 Å². The Labute approximate surface area is 113 Å². The molecule has 0 unspecified atom stereocenters. The second-order valence-electron chi connectivity index (χ2n) is 3.44. The molecule has 1 aromatic heterocycles. The van der Waals surface area contributed by atoms with E-state index in [9.17, 15) is 4.39 Å². The Morgan fingerprint density at radius 2 is 2.42 bits per heavy atom. The Bertz CT molecular complexity index is 630. The van der Waals surface area contributed by atoms with Gasteiger partial charge in [0.1, 0.15) is 5.69 Å². The smallest absolute Gasteiger partial charge is 0.183 e. The summed E-state index contributed by atoms with van der Waals surface area (Å²) in [4.78, 5) is 4.13. The lowest BCUT2D eigenvalue weighted by Gasteiger charge is -2.04. The highest BCUT2D eigenvalue weighted by Gasteiger charge is 2.06. The lowest BCUT2D eigenvalue weighted by atomic mass is 10.2. The predicted octanol–water partition coefficient (Wildman–Crippen LogP) is 2.43. The fraction of sp³-hybridized carbons (Fsp3) is 0.0833. The highest BCUT2D eigenvalue weighted by Crippen LogP contribution is 2.20. The van der Waals surface area contributed by atoms with Crippen molar-refractivity contribution in [1.82, 2.24) is 15.1 Å². The molecule has 0 fully saturated rings. The third kappa shape index (κ3) is 3.11. The van der Waals surface area contributed by atoms with Crippen LogP contribution in [0.4, 0.5) is 10.1 Å². The van der Waals surface area contributed by atoms with Gasteiger partial charge in [0.2, 0.25) is 0 Å². The van der Waals surface area contributed by atoms with E-state index in [4.69, 9.17) is 5.26 Å².